The average molecular weight is 205 g/mol. The molecular weight excluding hydrogens is 186 g/mol. The second-order valence-electron chi connectivity index (χ2n) is 4.27. The number of hydrogen-bond donors (Lipinski definition) is 0. The van der Waals surface area contributed by atoms with E-state index in [-0.39, 0.29) is 0 Å². The number of nitrogens with zero attached hydrogens (tertiary/aromatic N) is 1. The zero-order chi connectivity index (χ0) is 10.7. The molecule has 1 atom stereocenters. The molecule has 0 aromatic heterocycles. The summed E-state index contributed by atoms with van der Waals surface area (Å²) in [6, 6.07) is 9.03. The van der Waals surface area contributed by atoms with Crippen LogP contribution in [0.15, 0.2) is 24.3 Å². The third-order valence-electron chi connectivity index (χ3n) is 3.25. The standard InChI is InChI=1S/C13H19NO/c1-14-9-4-3-8-13(14)11-6-5-7-12(10-11)15-2/h5-7,10,13H,3-4,8-9H2,1-2H3. The lowest BCUT2D eigenvalue weighted by Gasteiger charge is -2.32. The highest BCUT2D eigenvalue weighted by Gasteiger charge is 2.20. The van der Waals surface area contributed by atoms with Gasteiger partial charge in [0.2, 0.25) is 0 Å². The fourth-order valence-electron chi connectivity index (χ4n) is 2.35. The molecule has 2 nitrogen and oxygen atoms in total. The van der Waals surface area contributed by atoms with Crippen LogP contribution in [0.4, 0.5) is 0 Å². The van der Waals surface area contributed by atoms with Crippen LogP contribution in [0.25, 0.3) is 0 Å². The molecule has 1 aliphatic heterocycles. The third kappa shape index (κ3) is 2.32. The molecule has 1 saturated heterocycles. The molecule has 0 N–H and O–H groups in total. The molecule has 0 aliphatic carbocycles. The summed E-state index contributed by atoms with van der Waals surface area (Å²) in [4.78, 5) is 2.44. The smallest absolute Gasteiger partial charge is 0.119 e. The highest BCUT2D eigenvalue weighted by Crippen LogP contribution is 2.30. The summed E-state index contributed by atoms with van der Waals surface area (Å²) in [5, 5.41) is 0. The van der Waals surface area contributed by atoms with Gasteiger partial charge in [-0.25, -0.2) is 0 Å². The average Bonchev–Trinajstić information content (AvgIpc) is 2.30. The van der Waals surface area contributed by atoms with Gasteiger partial charge >= 0.3 is 0 Å². The van der Waals surface area contributed by atoms with Gasteiger partial charge < -0.3 is 4.74 Å². The molecule has 1 unspecified atom stereocenters. The van der Waals surface area contributed by atoms with Crippen molar-refractivity contribution in [3.8, 4) is 5.75 Å². The van der Waals surface area contributed by atoms with Gasteiger partial charge in [0.25, 0.3) is 0 Å². The van der Waals surface area contributed by atoms with Gasteiger partial charge in [0.1, 0.15) is 5.75 Å². The second kappa shape index (κ2) is 4.67. The second-order valence-corrected chi connectivity index (χ2v) is 4.27. The Hall–Kier alpha value is -1.02. The van der Waals surface area contributed by atoms with Crippen molar-refractivity contribution >= 4 is 0 Å². The number of benzene rings is 1. The molecule has 1 heterocycles. The number of likely N-dealkylation sites (tertiary alicyclic amines) is 1. The van der Waals surface area contributed by atoms with E-state index >= 15 is 0 Å². The van der Waals surface area contributed by atoms with E-state index in [1.54, 1.807) is 7.11 Å². The zero-order valence-corrected chi connectivity index (χ0v) is 9.57. The monoisotopic (exact) mass is 205 g/mol. The fourth-order valence-corrected chi connectivity index (χ4v) is 2.35. The summed E-state index contributed by atoms with van der Waals surface area (Å²) in [5.41, 5.74) is 1.39. The van der Waals surface area contributed by atoms with Crippen LogP contribution in [0.3, 0.4) is 0 Å². The summed E-state index contributed by atoms with van der Waals surface area (Å²) >= 11 is 0. The van der Waals surface area contributed by atoms with Crippen LogP contribution in [-0.4, -0.2) is 25.6 Å². The molecule has 1 fully saturated rings. The van der Waals surface area contributed by atoms with Gasteiger partial charge in [-0.2, -0.15) is 0 Å². The first-order valence-electron chi connectivity index (χ1n) is 5.65. The minimum absolute atomic E-state index is 0.578. The Bertz CT molecular complexity index is 324. The minimum atomic E-state index is 0.578. The Labute approximate surface area is 91.9 Å². The number of rotatable bonds is 2. The van der Waals surface area contributed by atoms with Crippen LogP contribution in [0.1, 0.15) is 30.9 Å². The van der Waals surface area contributed by atoms with Crippen LogP contribution >= 0.6 is 0 Å². The van der Waals surface area contributed by atoms with E-state index in [2.05, 4.69) is 30.1 Å². The van der Waals surface area contributed by atoms with Crippen molar-refractivity contribution in [2.75, 3.05) is 20.7 Å². The highest BCUT2D eigenvalue weighted by molar-refractivity contribution is 5.30. The molecule has 2 rings (SSSR count). The number of hydrogen-bond acceptors (Lipinski definition) is 2. The molecule has 1 aromatic rings. The Balaban J connectivity index is 2.19. The third-order valence-corrected chi connectivity index (χ3v) is 3.25. The van der Waals surface area contributed by atoms with Gasteiger partial charge in [-0.3, -0.25) is 4.90 Å². The van der Waals surface area contributed by atoms with Gasteiger partial charge in [0.05, 0.1) is 7.11 Å². The van der Waals surface area contributed by atoms with Crippen molar-refractivity contribution in [1.82, 2.24) is 4.90 Å². The molecular formula is C13H19NO. The Morgan fingerprint density at radius 1 is 1.33 bits per heavy atom. The van der Waals surface area contributed by atoms with Crippen molar-refractivity contribution in [3.63, 3.8) is 0 Å². The van der Waals surface area contributed by atoms with Gasteiger partial charge in [0, 0.05) is 6.04 Å². The van der Waals surface area contributed by atoms with E-state index in [0.29, 0.717) is 6.04 Å². The summed E-state index contributed by atoms with van der Waals surface area (Å²) in [6.45, 7) is 1.21. The number of ether oxygens (including phenoxy) is 1. The number of methoxy groups -OCH3 is 1. The Morgan fingerprint density at radius 3 is 2.93 bits per heavy atom. The van der Waals surface area contributed by atoms with Crippen LogP contribution in [0.5, 0.6) is 5.75 Å². The largest absolute Gasteiger partial charge is 0.497 e. The molecule has 0 bridgehead atoms. The van der Waals surface area contributed by atoms with E-state index < -0.39 is 0 Å². The fraction of sp³-hybridized carbons (Fsp3) is 0.538. The molecule has 0 radical (unpaired) electrons. The molecule has 15 heavy (non-hydrogen) atoms. The van der Waals surface area contributed by atoms with Crippen molar-refractivity contribution in [2.24, 2.45) is 0 Å². The van der Waals surface area contributed by atoms with E-state index in [9.17, 15) is 0 Å². The summed E-state index contributed by atoms with van der Waals surface area (Å²) in [5.74, 6) is 0.964. The van der Waals surface area contributed by atoms with E-state index in [1.165, 1.54) is 31.4 Å². The molecule has 2 heteroatoms. The first-order chi connectivity index (χ1) is 7.31. The quantitative estimate of drug-likeness (QED) is 0.736. The molecule has 0 spiro atoms. The molecule has 1 aliphatic rings. The van der Waals surface area contributed by atoms with Crippen molar-refractivity contribution in [2.45, 2.75) is 25.3 Å². The van der Waals surface area contributed by atoms with Crippen molar-refractivity contribution in [1.29, 1.82) is 0 Å². The molecule has 0 saturated carbocycles. The molecule has 0 amide bonds. The number of piperidine rings is 1. The molecule has 1 aromatic carbocycles. The SMILES string of the molecule is COc1cccc(C2CCCCN2C)c1. The Kier molecular flexibility index (Phi) is 3.27. The van der Waals surface area contributed by atoms with Crippen molar-refractivity contribution < 1.29 is 4.74 Å². The lowest BCUT2D eigenvalue weighted by Crippen LogP contribution is -2.29. The minimum Gasteiger partial charge on any atom is -0.497 e. The summed E-state index contributed by atoms with van der Waals surface area (Å²) < 4.78 is 5.26. The predicted octanol–water partition coefficient (Wildman–Crippen LogP) is 2.85. The van der Waals surface area contributed by atoms with Crippen molar-refractivity contribution in [3.05, 3.63) is 29.8 Å². The van der Waals surface area contributed by atoms with Crippen LogP contribution < -0.4 is 4.74 Å². The van der Waals surface area contributed by atoms with Crippen LogP contribution in [-0.2, 0) is 0 Å². The van der Waals surface area contributed by atoms with Gasteiger partial charge in [0.15, 0.2) is 0 Å². The predicted molar refractivity (Wildman–Crippen MR) is 62.2 cm³/mol. The van der Waals surface area contributed by atoms with E-state index in [4.69, 9.17) is 4.74 Å². The van der Waals surface area contributed by atoms with E-state index in [0.717, 1.165) is 5.75 Å². The van der Waals surface area contributed by atoms with Gasteiger partial charge in [-0.15, -0.1) is 0 Å². The lowest BCUT2D eigenvalue weighted by atomic mass is 9.96. The topological polar surface area (TPSA) is 12.5 Å². The first-order valence-corrected chi connectivity index (χ1v) is 5.65. The Morgan fingerprint density at radius 2 is 2.20 bits per heavy atom. The maximum Gasteiger partial charge on any atom is 0.119 e. The van der Waals surface area contributed by atoms with E-state index in [1.807, 2.05) is 6.07 Å². The van der Waals surface area contributed by atoms with Gasteiger partial charge in [-0.1, -0.05) is 18.6 Å². The lowest BCUT2D eigenvalue weighted by molar-refractivity contribution is 0.187. The van der Waals surface area contributed by atoms with Crippen LogP contribution in [0, 0.1) is 0 Å². The molecule has 82 valence electrons. The summed E-state index contributed by atoms with van der Waals surface area (Å²) in [6.07, 6.45) is 3.94. The normalized spacial score (nSPS) is 22.7. The maximum absolute atomic E-state index is 5.26. The first kappa shape index (κ1) is 10.5. The highest BCUT2D eigenvalue weighted by atomic mass is 16.5. The van der Waals surface area contributed by atoms with Gasteiger partial charge in [-0.05, 0) is 44.1 Å². The maximum atomic E-state index is 5.26. The zero-order valence-electron chi connectivity index (χ0n) is 9.57. The van der Waals surface area contributed by atoms with Crippen LogP contribution in [0.2, 0.25) is 0 Å². The summed E-state index contributed by atoms with van der Waals surface area (Å²) in [7, 11) is 3.94.